The van der Waals surface area contributed by atoms with E-state index in [-0.39, 0.29) is 18.1 Å². The van der Waals surface area contributed by atoms with Crippen LogP contribution >= 0.6 is 11.8 Å². The predicted octanol–water partition coefficient (Wildman–Crippen LogP) is 3.10. The van der Waals surface area contributed by atoms with Gasteiger partial charge in [-0.1, -0.05) is 6.07 Å². The van der Waals surface area contributed by atoms with Crippen LogP contribution in [0, 0.1) is 11.8 Å². The minimum Gasteiger partial charge on any atom is -0.379 e. The number of likely N-dealkylation sites (tertiary alicyclic amines) is 1. The zero-order valence-electron chi connectivity index (χ0n) is 18.0. The van der Waals surface area contributed by atoms with Crippen LogP contribution in [0.2, 0.25) is 0 Å². The molecule has 1 aromatic rings. The van der Waals surface area contributed by atoms with Gasteiger partial charge < -0.3 is 15.0 Å². The van der Waals surface area contributed by atoms with Gasteiger partial charge in [0.05, 0.1) is 12.1 Å². The standard InChI is InChI=1S/C23H35N3O2S/c1-25(2)20-6-4-5-16(11-20)23(27)24-21-12-17-14-26(19-7-9-29-10-8-19)15-18(17)13-22(21)28-3/h4-6,11,17-19,21-22H,7-10,12-15H2,1-3H3,(H,24,27)/t17-,18+,21-,22-/m0/s1. The number of hydrogen-bond acceptors (Lipinski definition) is 5. The fraction of sp³-hybridized carbons (Fsp3) is 0.696. The monoisotopic (exact) mass is 417 g/mol. The number of ether oxygens (including phenoxy) is 1. The molecule has 0 radical (unpaired) electrons. The Hall–Kier alpha value is -1.24. The summed E-state index contributed by atoms with van der Waals surface area (Å²) in [5.41, 5.74) is 1.77. The lowest BCUT2D eigenvalue weighted by atomic mass is 9.77. The highest BCUT2D eigenvalue weighted by atomic mass is 32.2. The molecule has 4 atom stereocenters. The summed E-state index contributed by atoms with van der Waals surface area (Å²) in [4.78, 5) is 17.7. The van der Waals surface area contributed by atoms with Crippen molar-refractivity contribution in [3.8, 4) is 0 Å². The number of carbonyl (C=O) groups excluding carboxylic acids is 1. The van der Waals surface area contributed by atoms with E-state index in [9.17, 15) is 4.79 Å². The van der Waals surface area contributed by atoms with E-state index in [2.05, 4.69) is 22.0 Å². The Labute approximate surface area is 179 Å². The van der Waals surface area contributed by atoms with Gasteiger partial charge in [-0.15, -0.1) is 0 Å². The molecule has 3 fully saturated rings. The summed E-state index contributed by atoms with van der Waals surface area (Å²) in [5.74, 6) is 4.01. The molecule has 29 heavy (non-hydrogen) atoms. The van der Waals surface area contributed by atoms with E-state index in [0.717, 1.165) is 30.1 Å². The second kappa shape index (κ2) is 9.27. The number of amides is 1. The van der Waals surface area contributed by atoms with Gasteiger partial charge >= 0.3 is 0 Å². The molecule has 2 heterocycles. The molecule has 2 aliphatic heterocycles. The summed E-state index contributed by atoms with van der Waals surface area (Å²) < 4.78 is 5.85. The highest BCUT2D eigenvalue weighted by Crippen LogP contribution is 2.39. The first-order valence-electron chi connectivity index (χ1n) is 11.0. The SMILES string of the molecule is CO[C@H]1C[C@@H]2CN(C3CCSCC3)C[C@@H]2C[C@@H]1NC(=O)c1cccc(N(C)C)c1. The summed E-state index contributed by atoms with van der Waals surface area (Å²) in [6.07, 6.45) is 4.86. The maximum atomic E-state index is 13.0. The van der Waals surface area contributed by atoms with Crippen molar-refractivity contribution in [1.29, 1.82) is 0 Å². The molecule has 4 rings (SSSR count). The van der Waals surface area contributed by atoms with Gasteiger partial charge in [-0.2, -0.15) is 11.8 Å². The number of benzene rings is 1. The first-order valence-corrected chi connectivity index (χ1v) is 12.1. The number of nitrogens with one attached hydrogen (secondary N) is 1. The van der Waals surface area contributed by atoms with E-state index in [4.69, 9.17) is 4.74 Å². The molecule has 1 amide bonds. The Balaban J connectivity index is 1.40. The highest BCUT2D eigenvalue weighted by Gasteiger charge is 2.44. The van der Waals surface area contributed by atoms with Gasteiger partial charge in [0, 0.05) is 51.6 Å². The average molecular weight is 418 g/mol. The normalized spacial score (nSPS) is 30.7. The highest BCUT2D eigenvalue weighted by molar-refractivity contribution is 7.99. The van der Waals surface area contributed by atoms with Crippen molar-refractivity contribution >= 4 is 23.4 Å². The van der Waals surface area contributed by atoms with Gasteiger partial charge in [0.2, 0.25) is 0 Å². The fourth-order valence-electron chi connectivity index (χ4n) is 5.39. The van der Waals surface area contributed by atoms with Crippen LogP contribution in [0.3, 0.4) is 0 Å². The molecule has 1 saturated carbocycles. The summed E-state index contributed by atoms with van der Waals surface area (Å²) in [6, 6.07) is 8.70. The van der Waals surface area contributed by atoms with E-state index in [1.807, 2.05) is 43.3 Å². The molecule has 5 nitrogen and oxygen atoms in total. The average Bonchev–Trinajstić information content (AvgIpc) is 3.16. The van der Waals surface area contributed by atoms with E-state index in [0.29, 0.717) is 11.8 Å². The Morgan fingerprint density at radius 3 is 2.59 bits per heavy atom. The predicted molar refractivity (Wildman–Crippen MR) is 121 cm³/mol. The van der Waals surface area contributed by atoms with E-state index < -0.39 is 0 Å². The van der Waals surface area contributed by atoms with Crippen LogP contribution in [0.1, 0.15) is 36.0 Å². The summed E-state index contributed by atoms with van der Waals surface area (Å²) in [7, 11) is 5.79. The zero-order chi connectivity index (χ0) is 20.4. The Morgan fingerprint density at radius 2 is 1.90 bits per heavy atom. The molecule has 6 heteroatoms. The molecule has 2 saturated heterocycles. The zero-order valence-corrected chi connectivity index (χ0v) is 18.8. The lowest BCUT2D eigenvalue weighted by Gasteiger charge is -2.37. The van der Waals surface area contributed by atoms with E-state index >= 15 is 0 Å². The molecule has 1 aliphatic carbocycles. The molecule has 160 valence electrons. The van der Waals surface area contributed by atoms with Crippen molar-refractivity contribution < 1.29 is 9.53 Å². The van der Waals surface area contributed by atoms with Gasteiger partial charge in [0.1, 0.15) is 0 Å². The van der Waals surface area contributed by atoms with Crippen LogP contribution in [0.5, 0.6) is 0 Å². The number of methoxy groups -OCH3 is 1. The summed E-state index contributed by atoms with van der Waals surface area (Å²) in [5, 5.41) is 3.31. The second-order valence-electron chi connectivity index (χ2n) is 9.09. The molecule has 1 N–H and O–H groups in total. The van der Waals surface area contributed by atoms with Gasteiger partial charge in [0.25, 0.3) is 5.91 Å². The van der Waals surface area contributed by atoms with Crippen LogP contribution in [0.25, 0.3) is 0 Å². The van der Waals surface area contributed by atoms with Gasteiger partial charge in [-0.3, -0.25) is 9.69 Å². The Bertz CT molecular complexity index is 707. The number of rotatable bonds is 5. The first kappa shape index (κ1) is 21.0. The molecule has 0 aromatic heterocycles. The number of fused-ring (bicyclic) bond motifs is 1. The second-order valence-corrected chi connectivity index (χ2v) is 10.3. The summed E-state index contributed by atoms with van der Waals surface area (Å²) >= 11 is 2.10. The van der Waals surface area contributed by atoms with Crippen molar-refractivity contribution in [2.24, 2.45) is 11.8 Å². The minimum atomic E-state index is 0.0124. The number of thioether (sulfide) groups is 1. The van der Waals surface area contributed by atoms with Crippen LogP contribution in [-0.2, 0) is 4.74 Å². The summed E-state index contributed by atoms with van der Waals surface area (Å²) in [6.45, 7) is 2.41. The van der Waals surface area contributed by atoms with E-state index in [1.165, 1.54) is 37.4 Å². The van der Waals surface area contributed by atoms with E-state index in [1.54, 1.807) is 7.11 Å². The number of anilines is 1. The minimum absolute atomic E-state index is 0.0124. The maximum Gasteiger partial charge on any atom is 0.251 e. The van der Waals surface area contributed by atoms with Crippen LogP contribution < -0.4 is 10.2 Å². The van der Waals surface area contributed by atoms with Crippen molar-refractivity contribution in [2.45, 2.75) is 43.9 Å². The maximum absolute atomic E-state index is 13.0. The fourth-order valence-corrected chi connectivity index (χ4v) is 6.47. The molecular weight excluding hydrogens is 382 g/mol. The third-order valence-electron chi connectivity index (χ3n) is 7.10. The lowest BCUT2D eigenvalue weighted by molar-refractivity contribution is 0.0124. The number of hydrogen-bond donors (Lipinski definition) is 1. The van der Waals surface area contributed by atoms with Crippen LogP contribution in [0.4, 0.5) is 5.69 Å². The van der Waals surface area contributed by atoms with Crippen LogP contribution in [0.15, 0.2) is 24.3 Å². The first-order chi connectivity index (χ1) is 14.0. The molecule has 0 spiro atoms. The topological polar surface area (TPSA) is 44.8 Å². The third-order valence-corrected chi connectivity index (χ3v) is 8.15. The molecule has 1 aromatic carbocycles. The molecule has 0 unspecified atom stereocenters. The molecule has 3 aliphatic rings. The van der Waals surface area contributed by atoms with Crippen molar-refractivity contribution in [3.05, 3.63) is 29.8 Å². The van der Waals surface area contributed by atoms with Crippen molar-refractivity contribution in [1.82, 2.24) is 10.2 Å². The largest absolute Gasteiger partial charge is 0.379 e. The molecule has 0 bridgehead atoms. The van der Waals surface area contributed by atoms with Gasteiger partial charge in [0.15, 0.2) is 0 Å². The quantitative estimate of drug-likeness (QED) is 0.798. The Kier molecular flexibility index (Phi) is 6.72. The van der Waals surface area contributed by atoms with Crippen LogP contribution in [-0.4, -0.2) is 74.8 Å². The third kappa shape index (κ3) is 4.75. The molecular formula is C23H35N3O2S. The van der Waals surface area contributed by atoms with Crippen molar-refractivity contribution in [2.75, 3.05) is 50.7 Å². The lowest BCUT2D eigenvalue weighted by Crippen LogP contribution is -2.50. The Morgan fingerprint density at radius 1 is 1.17 bits per heavy atom. The number of carbonyl (C=O) groups is 1. The smallest absolute Gasteiger partial charge is 0.251 e. The van der Waals surface area contributed by atoms with Gasteiger partial charge in [-0.25, -0.2) is 0 Å². The van der Waals surface area contributed by atoms with Crippen molar-refractivity contribution in [3.63, 3.8) is 0 Å². The van der Waals surface area contributed by atoms with Gasteiger partial charge in [-0.05, 0) is 67.2 Å². The number of nitrogens with zero attached hydrogens (tertiary/aromatic N) is 2.